The maximum Gasteiger partial charge on any atom is 0.311 e. The van der Waals surface area contributed by atoms with Crippen LogP contribution in [0.1, 0.15) is 48.7 Å². The molecule has 1 aromatic rings. The Morgan fingerprint density at radius 1 is 1.41 bits per heavy atom. The van der Waals surface area contributed by atoms with Gasteiger partial charge in [0, 0.05) is 26.0 Å². The Bertz CT molecular complexity index is 553. The maximum absolute atomic E-state index is 12.4. The Morgan fingerprint density at radius 3 is 2.68 bits per heavy atom. The number of hydrogen-bond donors (Lipinski definition) is 2. The normalized spacial score (nSPS) is 17.2. The molecule has 7 nitrogen and oxygen atoms in total. The molecule has 120 valence electrons. The first-order valence-corrected chi connectivity index (χ1v) is 7.35. The van der Waals surface area contributed by atoms with Gasteiger partial charge < -0.3 is 15.2 Å². The molecular formula is C15H21N3O4. The number of nitrogens with one attached hydrogen (secondary N) is 1. The van der Waals surface area contributed by atoms with E-state index < -0.39 is 11.4 Å². The molecule has 0 atom stereocenters. The van der Waals surface area contributed by atoms with E-state index in [0.29, 0.717) is 37.3 Å². The molecule has 1 fully saturated rings. The molecule has 1 saturated heterocycles. The van der Waals surface area contributed by atoms with Gasteiger partial charge in [-0.05, 0) is 18.8 Å². The van der Waals surface area contributed by atoms with Gasteiger partial charge >= 0.3 is 5.97 Å². The van der Waals surface area contributed by atoms with E-state index in [2.05, 4.69) is 15.3 Å². The highest BCUT2D eigenvalue weighted by atomic mass is 16.5. The fourth-order valence-corrected chi connectivity index (χ4v) is 2.55. The van der Waals surface area contributed by atoms with Crippen LogP contribution in [-0.2, 0) is 9.53 Å². The molecule has 1 aliphatic rings. The van der Waals surface area contributed by atoms with Gasteiger partial charge in [-0.15, -0.1) is 0 Å². The number of carbonyl (C=O) groups excluding carboxylic acids is 1. The summed E-state index contributed by atoms with van der Waals surface area (Å²) in [6.07, 6.45) is 3.66. The summed E-state index contributed by atoms with van der Waals surface area (Å²) in [5.41, 5.74) is 0.0932. The minimum atomic E-state index is -0.957. The van der Waals surface area contributed by atoms with E-state index in [0.717, 1.165) is 0 Å². The van der Waals surface area contributed by atoms with E-state index in [1.54, 1.807) is 0 Å². The zero-order valence-electron chi connectivity index (χ0n) is 12.8. The first-order chi connectivity index (χ1) is 10.5. The molecule has 0 saturated carbocycles. The van der Waals surface area contributed by atoms with Crippen molar-refractivity contribution in [2.45, 2.75) is 32.6 Å². The van der Waals surface area contributed by atoms with E-state index in [9.17, 15) is 14.7 Å². The van der Waals surface area contributed by atoms with E-state index >= 15 is 0 Å². The smallest absolute Gasteiger partial charge is 0.311 e. The number of carbonyl (C=O) groups is 2. The first-order valence-electron chi connectivity index (χ1n) is 7.35. The summed E-state index contributed by atoms with van der Waals surface area (Å²) < 4.78 is 5.22. The largest absolute Gasteiger partial charge is 0.481 e. The second-order valence-corrected chi connectivity index (χ2v) is 5.86. The van der Waals surface area contributed by atoms with E-state index in [1.807, 2.05) is 13.8 Å². The fraction of sp³-hybridized carbons (Fsp3) is 0.600. The molecule has 2 rings (SSSR count). The number of amides is 1. The van der Waals surface area contributed by atoms with Crippen LogP contribution in [-0.4, -0.2) is 46.7 Å². The van der Waals surface area contributed by atoms with Crippen LogP contribution in [0.15, 0.2) is 12.5 Å². The lowest BCUT2D eigenvalue weighted by Gasteiger charge is -2.33. The Morgan fingerprint density at radius 2 is 2.09 bits per heavy atom. The topological polar surface area (TPSA) is 101 Å². The van der Waals surface area contributed by atoms with Gasteiger partial charge in [-0.2, -0.15) is 0 Å². The molecule has 0 spiro atoms. The minimum Gasteiger partial charge on any atom is -0.481 e. The van der Waals surface area contributed by atoms with Crippen molar-refractivity contribution in [3.8, 4) is 0 Å². The van der Waals surface area contributed by atoms with Crippen LogP contribution in [0.3, 0.4) is 0 Å². The van der Waals surface area contributed by atoms with Crippen LogP contribution in [0, 0.1) is 5.41 Å². The average Bonchev–Trinajstić information content (AvgIpc) is 2.53. The predicted octanol–water partition coefficient (Wildman–Crippen LogP) is 1.21. The van der Waals surface area contributed by atoms with Crippen LogP contribution in [0.25, 0.3) is 0 Å². The third-order valence-corrected chi connectivity index (χ3v) is 4.03. The molecule has 2 N–H and O–H groups in total. The molecule has 2 heterocycles. The summed E-state index contributed by atoms with van der Waals surface area (Å²) in [5, 5.41) is 12.2. The van der Waals surface area contributed by atoms with Crippen molar-refractivity contribution in [3.05, 3.63) is 23.8 Å². The minimum absolute atomic E-state index is 0.0803. The number of carboxylic acid groups (broad SMARTS) is 1. The number of aliphatic carboxylic acids is 1. The monoisotopic (exact) mass is 307 g/mol. The number of aromatic nitrogens is 2. The molecule has 22 heavy (non-hydrogen) atoms. The SMILES string of the molecule is CC(C)c1ncncc1C(=O)NCC1(C(=O)O)CCOCC1. The number of rotatable bonds is 5. The zero-order valence-corrected chi connectivity index (χ0v) is 12.8. The number of nitrogens with zero attached hydrogens (tertiary/aromatic N) is 2. The molecule has 0 radical (unpaired) electrons. The quantitative estimate of drug-likeness (QED) is 0.848. The highest BCUT2D eigenvalue weighted by Crippen LogP contribution is 2.30. The number of carboxylic acids is 1. The van der Waals surface area contributed by atoms with Crippen molar-refractivity contribution in [1.29, 1.82) is 0 Å². The third kappa shape index (κ3) is 3.41. The highest BCUT2D eigenvalue weighted by Gasteiger charge is 2.40. The molecule has 7 heteroatoms. The Kier molecular flexibility index (Phi) is 5.07. The summed E-state index contributed by atoms with van der Waals surface area (Å²) in [6.45, 7) is 4.76. The second kappa shape index (κ2) is 6.83. The lowest BCUT2D eigenvalue weighted by atomic mass is 9.80. The fourth-order valence-electron chi connectivity index (χ4n) is 2.55. The summed E-state index contributed by atoms with van der Waals surface area (Å²) in [6, 6.07) is 0. The average molecular weight is 307 g/mol. The van der Waals surface area contributed by atoms with Gasteiger partial charge in [0.15, 0.2) is 0 Å². The van der Waals surface area contributed by atoms with Crippen molar-refractivity contribution >= 4 is 11.9 Å². The zero-order chi connectivity index (χ0) is 16.2. The van der Waals surface area contributed by atoms with Crippen molar-refractivity contribution in [2.75, 3.05) is 19.8 Å². The van der Waals surface area contributed by atoms with Gasteiger partial charge in [0.1, 0.15) is 6.33 Å². The lowest BCUT2D eigenvalue weighted by molar-refractivity contribution is -0.154. The summed E-state index contributed by atoms with van der Waals surface area (Å²) in [7, 11) is 0. The third-order valence-electron chi connectivity index (χ3n) is 4.03. The molecule has 0 bridgehead atoms. The van der Waals surface area contributed by atoms with Crippen LogP contribution in [0.2, 0.25) is 0 Å². The first kappa shape index (κ1) is 16.4. The number of hydrogen-bond acceptors (Lipinski definition) is 5. The highest BCUT2D eigenvalue weighted by molar-refractivity contribution is 5.95. The predicted molar refractivity (Wildman–Crippen MR) is 78.6 cm³/mol. The molecule has 1 aliphatic heterocycles. The van der Waals surface area contributed by atoms with Gasteiger partial charge in [-0.3, -0.25) is 9.59 Å². The van der Waals surface area contributed by atoms with Crippen molar-refractivity contribution < 1.29 is 19.4 Å². The van der Waals surface area contributed by atoms with Gasteiger partial charge in [0.2, 0.25) is 0 Å². The van der Waals surface area contributed by atoms with Crippen LogP contribution < -0.4 is 5.32 Å². The molecular weight excluding hydrogens is 286 g/mol. The van der Waals surface area contributed by atoms with E-state index in [1.165, 1.54) is 12.5 Å². The second-order valence-electron chi connectivity index (χ2n) is 5.86. The summed E-state index contributed by atoms with van der Waals surface area (Å²) >= 11 is 0. The molecule has 1 aromatic heterocycles. The van der Waals surface area contributed by atoms with Crippen LogP contribution in [0.4, 0.5) is 0 Å². The van der Waals surface area contributed by atoms with Gasteiger partial charge in [-0.1, -0.05) is 13.8 Å². The standard InChI is InChI=1S/C15H21N3O4/c1-10(2)12-11(7-16-9-18-12)13(19)17-8-15(14(20)21)3-5-22-6-4-15/h7,9-10H,3-6,8H2,1-2H3,(H,17,19)(H,20,21). The number of ether oxygens (including phenoxy) is 1. The van der Waals surface area contributed by atoms with Crippen molar-refractivity contribution in [3.63, 3.8) is 0 Å². The van der Waals surface area contributed by atoms with Gasteiger partial charge in [-0.25, -0.2) is 9.97 Å². The molecule has 1 amide bonds. The lowest BCUT2D eigenvalue weighted by Crippen LogP contribution is -2.46. The molecule has 0 aliphatic carbocycles. The van der Waals surface area contributed by atoms with E-state index in [4.69, 9.17) is 4.74 Å². The molecule has 0 aromatic carbocycles. The Labute approximate surface area is 129 Å². The van der Waals surface area contributed by atoms with Crippen LogP contribution in [0.5, 0.6) is 0 Å². The van der Waals surface area contributed by atoms with Crippen molar-refractivity contribution in [1.82, 2.24) is 15.3 Å². The molecule has 0 unspecified atom stereocenters. The van der Waals surface area contributed by atoms with Crippen LogP contribution >= 0.6 is 0 Å². The summed E-state index contributed by atoms with van der Waals surface area (Å²) in [5.74, 6) is -1.15. The summed E-state index contributed by atoms with van der Waals surface area (Å²) in [4.78, 5) is 32.0. The van der Waals surface area contributed by atoms with Crippen molar-refractivity contribution in [2.24, 2.45) is 5.41 Å². The van der Waals surface area contributed by atoms with Gasteiger partial charge in [0.05, 0.1) is 16.7 Å². The van der Waals surface area contributed by atoms with Gasteiger partial charge in [0.25, 0.3) is 5.91 Å². The Hall–Kier alpha value is -2.02. The van der Waals surface area contributed by atoms with E-state index in [-0.39, 0.29) is 18.4 Å². The Balaban J connectivity index is 2.10. The maximum atomic E-state index is 12.4.